The third-order valence-corrected chi connectivity index (χ3v) is 3.09. The molecule has 1 rings (SSSR count). The van der Waals surface area contributed by atoms with Crippen LogP contribution < -0.4 is 10.6 Å². The van der Waals surface area contributed by atoms with Crippen LogP contribution in [0.4, 0.5) is 4.79 Å². The zero-order valence-corrected chi connectivity index (χ0v) is 13.4. The number of ether oxygens (including phenoxy) is 1. The molecule has 24 heavy (non-hydrogen) atoms. The topological polar surface area (TPSA) is 105 Å². The molecule has 7 heteroatoms. The first-order chi connectivity index (χ1) is 11.5. The minimum Gasteiger partial charge on any atom is -0.481 e. The molecule has 0 saturated heterocycles. The van der Waals surface area contributed by atoms with Crippen LogP contribution in [0.25, 0.3) is 0 Å². The molecule has 0 atom stereocenters. The number of carboxylic acids is 1. The average Bonchev–Trinajstić information content (AvgIpc) is 2.56. The summed E-state index contributed by atoms with van der Waals surface area (Å²) in [6, 6.07) is 9.16. The largest absolute Gasteiger partial charge is 0.481 e. The standard InChI is InChI=1S/C17H22N2O5/c1-13(16(22)18-11-7-3-6-10-15(20)21)19-17(23)24-12-14-8-4-2-5-9-14/h2,4-5,8-9H,1,3,6-7,10-12H2,(H,18,22)(H,19,23)(H,20,21). The molecule has 0 aromatic heterocycles. The Morgan fingerprint density at radius 1 is 1.08 bits per heavy atom. The monoisotopic (exact) mass is 334 g/mol. The maximum atomic E-state index is 11.7. The molecule has 0 fully saturated rings. The van der Waals surface area contributed by atoms with Gasteiger partial charge in [0.15, 0.2) is 0 Å². The van der Waals surface area contributed by atoms with E-state index in [0.717, 1.165) is 5.56 Å². The maximum absolute atomic E-state index is 11.7. The van der Waals surface area contributed by atoms with Crippen LogP contribution in [0, 0.1) is 0 Å². The number of benzene rings is 1. The van der Waals surface area contributed by atoms with Crippen LogP contribution in [-0.2, 0) is 20.9 Å². The van der Waals surface area contributed by atoms with E-state index in [1.54, 1.807) is 0 Å². The molecular weight excluding hydrogens is 312 g/mol. The van der Waals surface area contributed by atoms with Crippen molar-refractivity contribution in [3.63, 3.8) is 0 Å². The van der Waals surface area contributed by atoms with Crippen LogP contribution in [0.1, 0.15) is 31.2 Å². The summed E-state index contributed by atoms with van der Waals surface area (Å²) >= 11 is 0. The summed E-state index contributed by atoms with van der Waals surface area (Å²) in [6.07, 6.45) is 1.29. The second-order valence-electron chi connectivity index (χ2n) is 5.13. The van der Waals surface area contributed by atoms with Crippen LogP contribution in [0.15, 0.2) is 42.6 Å². The van der Waals surface area contributed by atoms with E-state index in [-0.39, 0.29) is 18.7 Å². The molecule has 3 N–H and O–H groups in total. The number of alkyl carbamates (subject to hydrolysis) is 1. The lowest BCUT2D eigenvalue weighted by Gasteiger charge is -2.10. The molecule has 2 amide bonds. The Hall–Kier alpha value is -2.83. The Balaban J connectivity index is 2.15. The number of hydrogen-bond acceptors (Lipinski definition) is 4. The number of carbonyl (C=O) groups excluding carboxylic acids is 2. The lowest BCUT2D eigenvalue weighted by atomic mass is 10.2. The van der Waals surface area contributed by atoms with Crippen LogP contribution in [0.3, 0.4) is 0 Å². The van der Waals surface area contributed by atoms with E-state index in [0.29, 0.717) is 25.8 Å². The molecule has 7 nitrogen and oxygen atoms in total. The first-order valence-electron chi connectivity index (χ1n) is 7.65. The van der Waals surface area contributed by atoms with E-state index in [9.17, 15) is 14.4 Å². The molecule has 0 unspecified atom stereocenters. The molecular formula is C17H22N2O5. The van der Waals surface area contributed by atoms with Gasteiger partial charge in [-0.15, -0.1) is 0 Å². The summed E-state index contributed by atoms with van der Waals surface area (Å²) in [5.74, 6) is -1.32. The summed E-state index contributed by atoms with van der Waals surface area (Å²) in [4.78, 5) is 33.6. The van der Waals surface area contributed by atoms with Crippen LogP contribution in [0.5, 0.6) is 0 Å². The molecule has 0 aliphatic rings. The van der Waals surface area contributed by atoms with Gasteiger partial charge in [0, 0.05) is 13.0 Å². The lowest BCUT2D eigenvalue weighted by Crippen LogP contribution is -2.35. The van der Waals surface area contributed by atoms with Crippen molar-refractivity contribution in [3.8, 4) is 0 Å². The van der Waals surface area contributed by atoms with Crippen molar-refractivity contribution in [1.82, 2.24) is 10.6 Å². The summed E-state index contributed by atoms with van der Waals surface area (Å²) < 4.78 is 4.98. The number of nitrogens with one attached hydrogen (secondary N) is 2. The van der Waals surface area contributed by atoms with Gasteiger partial charge in [-0.25, -0.2) is 4.79 Å². The van der Waals surface area contributed by atoms with Crippen LogP contribution in [-0.4, -0.2) is 29.6 Å². The average molecular weight is 334 g/mol. The molecule has 1 aromatic carbocycles. The number of rotatable bonds is 10. The minimum atomic E-state index is -0.828. The third kappa shape index (κ3) is 8.57. The normalized spacial score (nSPS) is 9.83. The van der Waals surface area contributed by atoms with Gasteiger partial charge in [-0.05, 0) is 18.4 Å². The first-order valence-corrected chi connectivity index (χ1v) is 7.65. The molecule has 0 aliphatic carbocycles. The zero-order valence-electron chi connectivity index (χ0n) is 13.4. The van der Waals surface area contributed by atoms with Crippen molar-refractivity contribution < 1.29 is 24.2 Å². The second-order valence-corrected chi connectivity index (χ2v) is 5.13. The van der Waals surface area contributed by atoms with Crippen LogP contribution >= 0.6 is 0 Å². The Labute approximate surface area is 140 Å². The summed E-state index contributed by atoms with van der Waals surface area (Å²) in [5, 5.41) is 13.4. The highest BCUT2D eigenvalue weighted by Crippen LogP contribution is 2.01. The van der Waals surface area contributed by atoms with Gasteiger partial charge in [0.25, 0.3) is 5.91 Å². The highest BCUT2D eigenvalue weighted by molar-refractivity contribution is 5.95. The van der Waals surface area contributed by atoms with Gasteiger partial charge in [0.1, 0.15) is 12.3 Å². The molecule has 0 bridgehead atoms. The second kappa shape index (κ2) is 10.8. The number of carbonyl (C=O) groups is 3. The van der Waals surface area contributed by atoms with Gasteiger partial charge in [-0.1, -0.05) is 43.3 Å². The first kappa shape index (κ1) is 19.2. The number of unbranched alkanes of at least 4 members (excludes halogenated alkanes) is 2. The van der Waals surface area contributed by atoms with Crippen molar-refractivity contribution in [3.05, 3.63) is 48.2 Å². The third-order valence-electron chi connectivity index (χ3n) is 3.09. The van der Waals surface area contributed by atoms with E-state index < -0.39 is 18.0 Å². The Bertz CT molecular complexity index is 572. The molecule has 0 radical (unpaired) electrons. The summed E-state index contributed by atoms with van der Waals surface area (Å²) in [5.41, 5.74) is 0.739. The lowest BCUT2D eigenvalue weighted by molar-refractivity contribution is -0.137. The number of amides is 2. The fourth-order valence-corrected chi connectivity index (χ4v) is 1.83. The van der Waals surface area contributed by atoms with Gasteiger partial charge in [0.2, 0.25) is 0 Å². The minimum absolute atomic E-state index is 0.0985. The molecule has 1 aromatic rings. The number of carboxylic acid groups (broad SMARTS) is 1. The van der Waals surface area contributed by atoms with E-state index in [4.69, 9.17) is 9.84 Å². The van der Waals surface area contributed by atoms with E-state index in [1.807, 2.05) is 30.3 Å². The molecule has 0 saturated carbocycles. The molecule has 0 heterocycles. The zero-order chi connectivity index (χ0) is 17.8. The highest BCUT2D eigenvalue weighted by Gasteiger charge is 2.11. The Morgan fingerprint density at radius 2 is 1.79 bits per heavy atom. The van der Waals surface area contributed by atoms with Gasteiger partial charge in [-0.2, -0.15) is 0 Å². The SMILES string of the molecule is C=C(NC(=O)OCc1ccccc1)C(=O)NCCCCCC(=O)O. The van der Waals surface area contributed by atoms with Crippen molar-refractivity contribution >= 4 is 18.0 Å². The van der Waals surface area contributed by atoms with E-state index >= 15 is 0 Å². The predicted molar refractivity (Wildman–Crippen MR) is 88.0 cm³/mol. The predicted octanol–water partition coefficient (Wildman–Crippen LogP) is 2.19. The summed E-state index contributed by atoms with van der Waals surface area (Å²) in [6.45, 7) is 3.98. The fraction of sp³-hybridized carbons (Fsp3) is 0.353. The Morgan fingerprint density at radius 3 is 2.46 bits per heavy atom. The molecule has 130 valence electrons. The van der Waals surface area contributed by atoms with Gasteiger partial charge in [-0.3, -0.25) is 14.9 Å². The van der Waals surface area contributed by atoms with E-state index in [2.05, 4.69) is 17.2 Å². The van der Waals surface area contributed by atoms with E-state index in [1.165, 1.54) is 0 Å². The van der Waals surface area contributed by atoms with Crippen molar-refractivity contribution in [2.75, 3.05) is 6.54 Å². The van der Waals surface area contributed by atoms with Gasteiger partial charge in [0.05, 0.1) is 0 Å². The van der Waals surface area contributed by atoms with Gasteiger partial charge >= 0.3 is 12.1 Å². The summed E-state index contributed by atoms with van der Waals surface area (Å²) in [7, 11) is 0. The van der Waals surface area contributed by atoms with Crippen molar-refractivity contribution in [2.24, 2.45) is 0 Å². The number of hydrogen-bond donors (Lipinski definition) is 3. The molecule has 0 spiro atoms. The fourth-order valence-electron chi connectivity index (χ4n) is 1.83. The van der Waals surface area contributed by atoms with Crippen molar-refractivity contribution in [2.45, 2.75) is 32.3 Å². The van der Waals surface area contributed by atoms with Gasteiger partial charge < -0.3 is 15.2 Å². The number of aliphatic carboxylic acids is 1. The van der Waals surface area contributed by atoms with Crippen molar-refractivity contribution in [1.29, 1.82) is 0 Å². The van der Waals surface area contributed by atoms with Crippen LogP contribution in [0.2, 0.25) is 0 Å². The Kier molecular flexibility index (Phi) is 8.67. The maximum Gasteiger partial charge on any atom is 0.412 e. The highest BCUT2D eigenvalue weighted by atomic mass is 16.5. The molecule has 0 aliphatic heterocycles. The quantitative estimate of drug-likeness (QED) is 0.449. The smallest absolute Gasteiger partial charge is 0.412 e.